The Bertz CT molecular complexity index is 1930. The number of aromatic nitrogens is 3. The Balaban J connectivity index is 1.40. The van der Waals surface area contributed by atoms with Crippen LogP contribution >= 0.6 is 34.9 Å². The number of carbonyl (C=O) groups is 4. The summed E-state index contributed by atoms with van der Waals surface area (Å²) in [7, 11) is 2.98. The molecule has 4 heterocycles. The van der Waals surface area contributed by atoms with Gasteiger partial charge in [-0.1, -0.05) is 16.2 Å². The second-order valence-electron chi connectivity index (χ2n) is 11.1. The van der Waals surface area contributed by atoms with Crippen molar-refractivity contribution < 1.29 is 48.3 Å². The van der Waals surface area contributed by atoms with Crippen LogP contribution in [0.1, 0.15) is 19.5 Å². The molecule has 0 radical (unpaired) electrons. The number of carbonyl (C=O) groups excluding carboxylic acids is 2. The maximum atomic E-state index is 13.4. The molecule has 2 atom stereocenters. The number of carboxylic acids is 2. The van der Waals surface area contributed by atoms with Crippen molar-refractivity contribution in [3.8, 4) is 17.2 Å². The lowest BCUT2D eigenvalue weighted by Gasteiger charge is -2.49. The fourth-order valence-electron chi connectivity index (χ4n) is 4.85. The maximum absolute atomic E-state index is 13.4. The first-order chi connectivity index (χ1) is 23.7. The number of rotatable bonds is 13. The summed E-state index contributed by atoms with van der Waals surface area (Å²) in [5.41, 5.74) is 16.6. The molecule has 2 amide bonds. The van der Waals surface area contributed by atoms with Gasteiger partial charge < -0.3 is 47.0 Å². The van der Waals surface area contributed by atoms with E-state index in [9.17, 15) is 29.4 Å². The zero-order valence-electron chi connectivity index (χ0n) is 26.9. The average molecular weight is 747 g/mol. The molecule has 2 aliphatic rings. The van der Waals surface area contributed by atoms with E-state index >= 15 is 0 Å². The Morgan fingerprint density at radius 3 is 2.42 bits per heavy atom. The fraction of sp³-hybridized carbons (Fsp3) is 0.310. The number of nitrogen functional groups attached to an aromatic ring is 3. The van der Waals surface area contributed by atoms with Gasteiger partial charge >= 0.3 is 17.1 Å². The maximum Gasteiger partial charge on any atom is 0.352 e. The zero-order valence-corrected chi connectivity index (χ0v) is 29.4. The second kappa shape index (κ2) is 14.3. The van der Waals surface area contributed by atoms with Gasteiger partial charge in [0.1, 0.15) is 22.8 Å². The number of amides is 2. The Kier molecular flexibility index (Phi) is 10.3. The van der Waals surface area contributed by atoms with Crippen molar-refractivity contribution in [3.05, 3.63) is 46.6 Å². The largest absolute Gasteiger partial charge is 0.493 e. The van der Waals surface area contributed by atoms with E-state index in [2.05, 4.69) is 20.4 Å². The summed E-state index contributed by atoms with van der Waals surface area (Å²) < 4.78 is 12.7. The van der Waals surface area contributed by atoms with Gasteiger partial charge in [-0.25, -0.2) is 14.6 Å². The number of thiazole rings is 1. The zero-order chi connectivity index (χ0) is 36.5. The molecule has 0 aliphatic carbocycles. The molecule has 0 bridgehead atoms. The first-order valence-electron chi connectivity index (χ1n) is 14.4. The molecule has 2 aromatic heterocycles. The Labute approximate surface area is 296 Å². The van der Waals surface area contributed by atoms with Gasteiger partial charge in [0, 0.05) is 16.9 Å². The smallest absolute Gasteiger partial charge is 0.352 e. The number of aliphatic carboxylic acids is 2. The molecule has 0 spiro atoms. The Morgan fingerprint density at radius 1 is 1.16 bits per heavy atom. The first-order valence-corrected chi connectivity index (χ1v) is 17.3. The van der Waals surface area contributed by atoms with Crippen molar-refractivity contribution in [2.24, 2.45) is 5.16 Å². The molecule has 5 rings (SSSR count). The van der Waals surface area contributed by atoms with Gasteiger partial charge in [0.15, 0.2) is 28.0 Å². The van der Waals surface area contributed by atoms with E-state index in [1.54, 1.807) is 22.8 Å². The van der Waals surface area contributed by atoms with E-state index in [0.29, 0.717) is 27.9 Å². The number of para-hydroxylation sites is 1. The summed E-state index contributed by atoms with van der Waals surface area (Å²) in [6, 6.07) is 5.50. The van der Waals surface area contributed by atoms with Gasteiger partial charge in [0.2, 0.25) is 17.2 Å². The van der Waals surface area contributed by atoms with Gasteiger partial charge in [0.25, 0.3) is 11.8 Å². The lowest BCUT2D eigenvalue weighted by Crippen LogP contribution is -2.71. The van der Waals surface area contributed by atoms with Gasteiger partial charge in [-0.2, -0.15) is 4.57 Å². The lowest BCUT2D eigenvalue weighted by molar-refractivity contribution is -0.626. The van der Waals surface area contributed by atoms with E-state index in [0.717, 1.165) is 28.0 Å². The Morgan fingerprint density at radius 2 is 1.84 bits per heavy atom. The minimum absolute atomic E-state index is 0.00433. The van der Waals surface area contributed by atoms with E-state index in [4.69, 9.17) is 31.5 Å². The van der Waals surface area contributed by atoms with Crippen molar-refractivity contribution in [2.45, 2.75) is 36.0 Å². The van der Waals surface area contributed by atoms with Crippen molar-refractivity contribution in [2.75, 3.05) is 42.9 Å². The third-order valence-corrected chi connectivity index (χ3v) is 10.4. The third kappa shape index (κ3) is 6.91. The number of hydrogen-bond donors (Lipinski definition) is 6. The molecule has 264 valence electrons. The van der Waals surface area contributed by atoms with Crippen LogP contribution in [-0.4, -0.2) is 97.3 Å². The van der Waals surface area contributed by atoms with Crippen molar-refractivity contribution in [1.29, 1.82) is 0 Å². The highest BCUT2D eigenvalue weighted by molar-refractivity contribution is 8.01. The summed E-state index contributed by atoms with van der Waals surface area (Å²) >= 11 is 3.39. The summed E-state index contributed by atoms with van der Waals surface area (Å²) in [4.78, 5) is 65.7. The number of thioether (sulfide) groups is 2. The number of carboxylic acid groups (broad SMARTS) is 2. The van der Waals surface area contributed by atoms with E-state index in [1.807, 2.05) is 0 Å². The van der Waals surface area contributed by atoms with Crippen molar-refractivity contribution in [3.63, 3.8) is 0 Å². The Hall–Kier alpha value is -5.28. The molecular weight excluding hydrogens is 715 g/mol. The first kappa shape index (κ1) is 36.0. The van der Waals surface area contributed by atoms with Crippen LogP contribution in [0, 0.1) is 0 Å². The van der Waals surface area contributed by atoms with Crippen molar-refractivity contribution >= 4 is 81.1 Å². The fourth-order valence-corrected chi connectivity index (χ4v) is 7.91. The van der Waals surface area contributed by atoms with Crippen LogP contribution in [0.5, 0.6) is 11.5 Å². The highest BCUT2D eigenvalue weighted by Gasteiger charge is 2.54. The molecule has 9 N–H and O–H groups in total. The highest BCUT2D eigenvalue weighted by Crippen LogP contribution is 2.42. The molecule has 3 aromatic rings. The molecule has 21 heteroatoms. The minimum Gasteiger partial charge on any atom is -0.493 e. The highest BCUT2D eigenvalue weighted by atomic mass is 32.2. The topological polar surface area (TPSA) is 272 Å². The minimum atomic E-state index is -1.80. The number of benzene rings is 1. The number of nitrogens with one attached hydrogen (secondary N) is 1. The van der Waals surface area contributed by atoms with Gasteiger partial charge in [0.05, 0.1) is 20.3 Å². The number of fused-ring (bicyclic) bond motifs is 1. The van der Waals surface area contributed by atoms with E-state index in [1.165, 1.54) is 51.3 Å². The van der Waals surface area contributed by atoms with Crippen LogP contribution in [0.15, 0.2) is 51.2 Å². The average Bonchev–Trinajstić information content (AvgIpc) is 3.50. The van der Waals surface area contributed by atoms with Gasteiger partial charge in [-0.15, -0.1) is 23.1 Å². The molecule has 1 aromatic carbocycles. The summed E-state index contributed by atoms with van der Waals surface area (Å²) in [5.74, 6) is -2.81. The third-order valence-electron chi connectivity index (χ3n) is 7.37. The van der Waals surface area contributed by atoms with Gasteiger partial charge in [-0.3, -0.25) is 14.5 Å². The van der Waals surface area contributed by atoms with Gasteiger partial charge in [-0.05, 0) is 43.3 Å². The lowest BCUT2D eigenvalue weighted by atomic mass is 10.0. The monoisotopic (exact) mass is 746 g/mol. The quantitative estimate of drug-likeness (QED) is 0.0351. The number of anilines is 3. The molecule has 18 nitrogen and oxygen atoms in total. The number of oxime groups is 1. The molecular formula is C29H32N9O9S3+. The SMILES string of the molecule is COc1cccc(OC)c1-[n+]1c(N)cc(N)nc1SCC1=C(C(=O)O)N2C(=O)C(NC(=O)/C(=N\OC(C)(C)C(=O)O)c3csc(N)n3)C2SC1. The van der Waals surface area contributed by atoms with Crippen LogP contribution in [0.25, 0.3) is 5.69 Å². The summed E-state index contributed by atoms with van der Waals surface area (Å²) in [5, 5.41) is 27.0. The van der Waals surface area contributed by atoms with Crippen LogP contribution < -0.4 is 36.6 Å². The molecule has 1 saturated heterocycles. The molecule has 1 fully saturated rings. The summed E-state index contributed by atoms with van der Waals surface area (Å²) in [6.07, 6.45) is 0. The number of nitrogens with two attached hydrogens (primary N) is 3. The molecule has 0 saturated carbocycles. The standard InChI is InChI=1S/C29H31N9O9S3/c1-29(2,26(43)44)47-36-18(13-11-49-27(32)33-13)22(39)35-19-23(40)38-20(25(41)42)12(9-48-24(19)38)10-50-28-34-16(30)8-17(31)37(28)21-14(45-3)6-5-7-15(21)46-4/h5-8,11,19,24H,9-10H2,1-4H3,(H8,30,31,32,33,35,39,41,42,43,44)/p+1/b36-18-. The summed E-state index contributed by atoms with van der Waals surface area (Å²) in [6.45, 7) is 2.47. The second-order valence-corrected chi connectivity index (χ2v) is 14.0. The number of nitrogens with zero attached hydrogens (tertiary/aromatic N) is 5. The van der Waals surface area contributed by atoms with Crippen LogP contribution in [0.3, 0.4) is 0 Å². The number of ether oxygens (including phenoxy) is 2. The van der Waals surface area contributed by atoms with Crippen molar-refractivity contribution in [1.82, 2.24) is 20.2 Å². The normalized spacial score (nSPS) is 17.5. The predicted molar refractivity (Wildman–Crippen MR) is 184 cm³/mol. The van der Waals surface area contributed by atoms with E-state index in [-0.39, 0.29) is 39.7 Å². The van der Waals surface area contributed by atoms with E-state index < -0.39 is 46.5 Å². The predicted octanol–water partition coefficient (Wildman–Crippen LogP) is 0.693. The number of hydrogen-bond acceptors (Lipinski definition) is 16. The van der Waals surface area contributed by atoms with Crippen LogP contribution in [0.4, 0.5) is 16.8 Å². The van der Waals surface area contributed by atoms with Crippen LogP contribution in [0.2, 0.25) is 0 Å². The molecule has 2 aliphatic heterocycles. The number of methoxy groups -OCH3 is 2. The molecule has 2 unspecified atom stereocenters. The molecule has 50 heavy (non-hydrogen) atoms. The van der Waals surface area contributed by atoms with Crippen LogP contribution in [-0.2, 0) is 24.0 Å². The number of β-lactam (4-membered cyclic amide) rings is 1.